The zero-order valence-electron chi connectivity index (χ0n) is 11.2. The Bertz CT molecular complexity index is 297. The summed E-state index contributed by atoms with van der Waals surface area (Å²) in [6.07, 6.45) is 9.04. The quantitative estimate of drug-likeness (QED) is 0.809. The zero-order valence-corrected chi connectivity index (χ0v) is 12.0. The van der Waals surface area contributed by atoms with Gasteiger partial charge in [-0.3, -0.25) is 4.79 Å². The molecule has 2 aliphatic rings. The molecule has 3 N–H and O–H groups in total. The molecule has 5 heteroatoms. The van der Waals surface area contributed by atoms with Gasteiger partial charge in [0.25, 0.3) is 0 Å². The monoisotopic (exact) mass is 272 g/mol. The molecule has 0 radical (unpaired) electrons. The molecular formula is C13H24N2O2S. The summed E-state index contributed by atoms with van der Waals surface area (Å²) in [4.78, 5) is 12.1. The highest BCUT2D eigenvalue weighted by atomic mass is 32.2. The van der Waals surface area contributed by atoms with E-state index in [-0.39, 0.29) is 10.7 Å². The Morgan fingerprint density at radius 3 is 2.61 bits per heavy atom. The first-order valence-electron chi connectivity index (χ1n) is 6.80. The van der Waals surface area contributed by atoms with Gasteiger partial charge >= 0.3 is 0 Å². The number of hydrogen-bond acceptors (Lipinski definition) is 4. The Labute approximate surface area is 113 Å². The van der Waals surface area contributed by atoms with E-state index in [1.807, 2.05) is 11.8 Å². The molecule has 1 saturated carbocycles. The highest BCUT2D eigenvalue weighted by Crippen LogP contribution is 2.38. The Morgan fingerprint density at radius 2 is 2.06 bits per heavy atom. The van der Waals surface area contributed by atoms with Crippen LogP contribution in [0.3, 0.4) is 0 Å². The predicted octanol–water partition coefficient (Wildman–Crippen LogP) is 1.29. The zero-order chi connectivity index (χ0) is 13.1. The van der Waals surface area contributed by atoms with Crippen LogP contribution in [0.15, 0.2) is 0 Å². The number of amides is 1. The fraction of sp³-hybridized carbons (Fsp3) is 0.923. The number of thioether (sulfide) groups is 1. The van der Waals surface area contributed by atoms with Crippen molar-refractivity contribution in [2.24, 2.45) is 5.73 Å². The molecule has 0 aromatic heterocycles. The predicted molar refractivity (Wildman–Crippen MR) is 74.7 cm³/mol. The first-order valence-corrected chi connectivity index (χ1v) is 8.03. The van der Waals surface area contributed by atoms with Crippen molar-refractivity contribution in [3.05, 3.63) is 0 Å². The molecule has 18 heavy (non-hydrogen) atoms. The molecule has 1 aliphatic heterocycles. The van der Waals surface area contributed by atoms with E-state index in [0.29, 0.717) is 19.6 Å². The molecule has 2 fully saturated rings. The van der Waals surface area contributed by atoms with Gasteiger partial charge in [0.2, 0.25) is 5.91 Å². The summed E-state index contributed by atoms with van der Waals surface area (Å²) in [6.45, 7) is 1.69. The summed E-state index contributed by atoms with van der Waals surface area (Å²) in [5.74, 6) is -0.0426. The van der Waals surface area contributed by atoms with Crippen LogP contribution in [0.25, 0.3) is 0 Å². The van der Waals surface area contributed by atoms with E-state index in [1.165, 1.54) is 32.1 Å². The van der Waals surface area contributed by atoms with Gasteiger partial charge in [-0.15, -0.1) is 0 Å². The summed E-state index contributed by atoms with van der Waals surface area (Å²) < 4.78 is 5.46. The van der Waals surface area contributed by atoms with Crippen LogP contribution in [-0.4, -0.2) is 42.2 Å². The average Bonchev–Trinajstić information content (AvgIpc) is 2.85. The summed E-state index contributed by atoms with van der Waals surface area (Å²) in [7, 11) is 0. The maximum atomic E-state index is 12.1. The molecule has 1 unspecified atom stereocenters. The van der Waals surface area contributed by atoms with Gasteiger partial charge < -0.3 is 15.8 Å². The molecular weight excluding hydrogens is 248 g/mol. The van der Waals surface area contributed by atoms with Crippen molar-refractivity contribution in [2.75, 3.05) is 26.0 Å². The van der Waals surface area contributed by atoms with Crippen molar-refractivity contribution in [1.82, 2.24) is 5.32 Å². The van der Waals surface area contributed by atoms with Crippen LogP contribution >= 0.6 is 11.8 Å². The lowest BCUT2D eigenvalue weighted by atomic mass is 9.88. The third-order valence-electron chi connectivity index (χ3n) is 4.27. The van der Waals surface area contributed by atoms with E-state index >= 15 is 0 Å². The van der Waals surface area contributed by atoms with Crippen LogP contribution < -0.4 is 11.1 Å². The molecule has 104 valence electrons. The lowest BCUT2D eigenvalue weighted by molar-refractivity contribution is -0.126. The summed E-state index contributed by atoms with van der Waals surface area (Å²) in [5.41, 5.74) is 5.26. The number of carbonyl (C=O) groups excluding carboxylic acids is 1. The second-order valence-corrected chi connectivity index (χ2v) is 6.86. The van der Waals surface area contributed by atoms with Crippen LogP contribution in [0.1, 0.15) is 38.5 Å². The van der Waals surface area contributed by atoms with Crippen LogP contribution in [-0.2, 0) is 9.53 Å². The van der Waals surface area contributed by atoms with E-state index in [0.717, 1.165) is 6.54 Å². The average molecular weight is 272 g/mol. The molecule has 0 aromatic rings. The van der Waals surface area contributed by atoms with Gasteiger partial charge in [-0.25, -0.2) is 0 Å². The van der Waals surface area contributed by atoms with E-state index < -0.39 is 5.54 Å². The third kappa shape index (κ3) is 3.00. The maximum Gasteiger partial charge on any atom is 0.242 e. The van der Waals surface area contributed by atoms with Crippen LogP contribution in [0.4, 0.5) is 0 Å². The Balaban J connectivity index is 1.87. The second kappa shape index (κ2) is 5.80. The van der Waals surface area contributed by atoms with Crippen molar-refractivity contribution in [3.63, 3.8) is 0 Å². The number of nitrogens with one attached hydrogen (secondary N) is 1. The fourth-order valence-corrected chi connectivity index (χ4v) is 3.74. The molecule has 0 aromatic carbocycles. The molecule has 1 amide bonds. The molecule has 1 aliphatic carbocycles. The highest BCUT2D eigenvalue weighted by molar-refractivity contribution is 8.00. The number of nitrogens with two attached hydrogens (primary N) is 1. The van der Waals surface area contributed by atoms with Gasteiger partial charge in [-0.05, 0) is 25.5 Å². The first-order chi connectivity index (χ1) is 8.60. The molecule has 1 saturated heterocycles. The smallest absolute Gasteiger partial charge is 0.242 e. The number of ether oxygens (including phenoxy) is 1. The summed E-state index contributed by atoms with van der Waals surface area (Å²) in [5, 5.41) is 3.06. The van der Waals surface area contributed by atoms with E-state index in [2.05, 4.69) is 11.6 Å². The van der Waals surface area contributed by atoms with Crippen molar-refractivity contribution < 1.29 is 9.53 Å². The number of hydrogen-bond donors (Lipinski definition) is 2. The first kappa shape index (κ1) is 14.2. The van der Waals surface area contributed by atoms with Crippen LogP contribution in [0, 0.1) is 0 Å². The molecule has 4 nitrogen and oxygen atoms in total. The van der Waals surface area contributed by atoms with Gasteiger partial charge in [0, 0.05) is 17.9 Å². The Kier molecular flexibility index (Phi) is 4.56. The standard InChI is InChI=1S/C13H24N2O2S/c1-18-12(5-3-2-4-6-12)9-15-11(16)13(14)7-8-17-10-13/h2-10,14H2,1H3,(H,15,16). The molecule has 1 atom stereocenters. The van der Waals surface area contributed by atoms with Gasteiger partial charge in [-0.1, -0.05) is 19.3 Å². The molecule has 1 heterocycles. The van der Waals surface area contributed by atoms with Crippen molar-refractivity contribution in [1.29, 1.82) is 0 Å². The lowest BCUT2D eigenvalue weighted by Gasteiger charge is -2.36. The minimum Gasteiger partial charge on any atom is -0.379 e. The molecule has 0 bridgehead atoms. The van der Waals surface area contributed by atoms with Gasteiger partial charge in [0.05, 0.1) is 6.61 Å². The van der Waals surface area contributed by atoms with Crippen molar-refractivity contribution in [3.8, 4) is 0 Å². The van der Waals surface area contributed by atoms with E-state index in [9.17, 15) is 4.79 Å². The summed E-state index contributed by atoms with van der Waals surface area (Å²) in [6, 6.07) is 0. The normalized spacial score (nSPS) is 31.2. The topological polar surface area (TPSA) is 64.4 Å². The lowest BCUT2D eigenvalue weighted by Crippen LogP contribution is -2.56. The van der Waals surface area contributed by atoms with Crippen molar-refractivity contribution >= 4 is 17.7 Å². The van der Waals surface area contributed by atoms with Crippen molar-refractivity contribution in [2.45, 2.75) is 48.8 Å². The highest BCUT2D eigenvalue weighted by Gasteiger charge is 2.40. The van der Waals surface area contributed by atoms with E-state index in [4.69, 9.17) is 10.5 Å². The van der Waals surface area contributed by atoms with Gasteiger partial charge in [0.1, 0.15) is 5.54 Å². The molecule has 2 rings (SSSR count). The number of rotatable bonds is 4. The Hall–Kier alpha value is -0.260. The minimum atomic E-state index is -0.797. The van der Waals surface area contributed by atoms with Crippen LogP contribution in [0.2, 0.25) is 0 Å². The minimum absolute atomic E-state index is 0.0426. The van der Waals surface area contributed by atoms with Crippen LogP contribution in [0.5, 0.6) is 0 Å². The summed E-state index contributed by atoms with van der Waals surface area (Å²) >= 11 is 1.89. The maximum absolute atomic E-state index is 12.1. The van der Waals surface area contributed by atoms with Gasteiger partial charge in [-0.2, -0.15) is 11.8 Å². The third-order valence-corrected chi connectivity index (χ3v) is 5.69. The second-order valence-electron chi connectivity index (χ2n) is 5.59. The fourth-order valence-electron chi connectivity index (χ4n) is 2.83. The number of carbonyl (C=O) groups is 1. The Morgan fingerprint density at radius 1 is 1.33 bits per heavy atom. The molecule has 0 spiro atoms. The van der Waals surface area contributed by atoms with E-state index in [1.54, 1.807) is 0 Å². The van der Waals surface area contributed by atoms with Gasteiger partial charge in [0.15, 0.2) is 0 Å². The largest absolute Gasteiger partial charge is 0.379 e. The SMILES string of the molecule is CSC1(CNC(=O)C2(N)CCOC2)CCCCC1.